The van der Waals surface area contributed by atoms with Crippen molar-refractivity contribution in [2.75, 3.05) is 30.3 Å². The first-order valence-corrected chi connectivity index (χ1v) is 8.96. The fourth-order valence-corrected chi connectivity index (χ4v) is 3.08. The van der Waals surface area contributed by atoms with Crippen LogP contribution < -0.4 is 10.6 Å². The maximum Gasteiger partial charge on any atom is 0.241 e. The Morgan fingerprint density at radius 1 is 1.12 bits per heavy atom. The normalized spacial score (nSPS) is 18.3. The van der Waals surface area contributed by atoms with Gasteiger partial charge in [0.1, 0.15) is 0 Å². The minimum Gasteiger partial charge on any atom is -0.376 e. The summed E-state index contributed by atoms with van der Waals surface area (Å²) in [5.41, 5.74) is 2.71. The third-order valence-electron chi connectivity index (χ3n) is 5.11. The molecule has 5 nitrogen and oxygen atoms in total. The highest BCUT2D eigenvalue weighted by Crippen LogP contribution is 2.31. The summed E-state index contributed by atoms with van der Waals surface area (Å²) >= 11 is 0. The summed E-state index contributed by atoms with van der Waals surface area (Å²) in [6.45, 7) is 6.23. The Balaban J connectivity index is 1.56. The lowest BCUT2D eigenvalue weighted by Crippen LogP contribution is -2.41. The average molecular weight is 329 g/mol. The summed E-state index contributed by atoms with van der Waals surface area (Å²) in [5.74, 6) is 1.16. The van der Waals surface area contributed by atoms with Crippen LogP contribution in [-0.4, -0.2) is 36.3 Å². The average Bonchev–Trinajstić information content (AvgIpc) is 3.41. The number of carbonyl (C=O) groups is 2. The van der Waals surface area contributed by atoms with Crippen LogP contribution in [0.25, 0.3) is 0 Å². The summed E-state index contributed by atoms with van der Waals surface area (Å²) in [5, 5.41) is 6.23. The van der Waals surface area contributed by atoms with E-state index in [4.69, 9.17) is 0 Å². The first-order valence-electron chi connectivity index (χ1n) is 8.96. The van der Waals surface area contributed by atoms with Gasteiger partial charge in [0.15, 0.2) is 0 Å². The third-order valence-corrected chi connectivity index (χ3v) is 5.11. The Labute approximate surface area is 143 Å². The largest absolute Gasteiger partial charge is 0.376 e. The molecule has 1 aromatic rings. The predicted octanol–water partition coefficient (Wildman–Crippen LogP) is 3.01. The van der Waals surface area contributed by atoms with Crippen LogP contribution in [0.3, 0.4) is 0 Å². The van der Waals surface area contributed by atoms with E-state index in [1.807, 2.05) is 30.0 Å². The molecule has 2 amide bonds. The molecule has 0 radical (unpaired) electrons. The zero-order chi connectivity index (χ0) is 17.1. The number of nitrogens with one attached hydrogen (secondary N) is 2. The highest BCUT2D eigenvalue weighted by molar-refractivity contribution is 5.95. The van der Waals surface area contributed by atoms with Crippen molar-refractivity contribution in [3.05, 3.63) is 23.8 Å². The van der Waals surface area contributed by atoms with Gasteiger partial charge in [-0.15, -0.1) is 0 Å². The zero-order valence-corrected chi connectivity index (χ0v) is 14.6. The summed E-state index contributed by atoms with van der Waals surface area (Å²) in [4.78, 5) is 26.2. The zero-order valence-electron chi connectivity index (χ0n) is 14.6. The molecule has 1 saturated carbocycles. The van der Waals surface area contributed by atoms with Crippen LogP contribution in [0, 0.1) is 18.8 Å². The monoisotopic (exact) mass is 329 g/mol. The Morgan fingerprint density at radius 2 is 1.79 bits per heavy atom. The molecule has 1 heterocycles. The number of amides is 2. The van der Waals surface area contributed by atoms with Gasteiger partial charge in [-0.3, -0.25) is 9.59 Å². The molecular formula is C19H27N3O2. The number of rotatable bonds is 5. The van der Waals surface area contributed by atoms with Gasteiger partial charge in [-0.25, -0.2) is 0 Å². The molecule has 5 heteroatoms. The standard InChI is InChI=1S/C19H27N3O2/c1-13-8-10-22(11-9-13)18(23)12-20-16-4-3-5-17(14(16)2)21-19(24)15-6-7-15/h3-5,13,15,20H,6-12H2,1-2H3,(H,21,24). The second kappa shape index (κ2) is 7.24. The number of nitrogens with zero attached hydrogens (tertiary/aromatic N) is 1. The van der Waals surface area contributed by atoms with Crippen LogP contribution in [0.5, 0.6) is 0 Å². The Hall–Kier alpha value is -2.04. The number of hydrogen-bond donors (Lipinski definition) is 2. The van der Waals surface area contributed by atoms with Crippen LogP contribution in [-0.2, 0) is 9.59 Å². The molecule has 1 aliphatic carbocycles. The molecule has 130 valence electrons. The second-order valence-electron chi connectivity index (χ2n) is 7.16. The highest BCUT2D eigenvalue weighted by Gasteiger charge is 2.29. The second-order valence-corrected chi connectivity index (χ2v) is 7.16. The molecule has 24 heavy (non-hydrogen) atoms. The van der Waals surface area contributed by atoms with Crippen LogP contribution in [0.15, 0.2) is 18.2 Å². The van der Waals surface area contributed by atoms with Gasteiger partial charge in [0.05, 0.1) is 6.54 Å². The number of benzene rings is 1. The van der Waals surface area contributed by atoms with Crippen LogP contribution in [0.4, 0.5) is 11.4 Å². The number of piperidine rings is 1. The van der Waals surface area contributed by atoms with E-state index < -0.39 is 0 Å². The van der Waals surface area contributed by atoms with Crippen LogP contribution >= 0.6 is 0 Å². The van der Waals surface area contributed by atoms with Crippen molar-refractivity contribution in [3.8, 4) is 0 Å². The van der Waals surface area contributed by atoms with E-state index >= 15 is 0 Å². The van der Waals surface area contributed by atoms with Crippen molar-refractivity contribution >= 4 is 23.2 Å². The van der Waals surface area contributed by atoms with Crippen molar-refractivity contribution < 1.29 is 9.59 Å². The van der Waals surface area contributed by atoms with Gasteiger partial charge in [-0.2, -0.15) is 0 Å². The number of carbonyl (C=O) groups excluding carboxylic acids is 2. The van der Waals surface area contributed by atoms with E-state index in [2.05, 4.69) is 17.6 Å². The molecule has 0 atom stereocenters. The fourth-order valence-electron chi connectivity index (χ4n) is 3.08. The molecule has 2 N–H and O–H groups in total. The van der Waals surface area contributed by atoms with Crippen LogP contribution in [0.2, 0.25) is 0 Å². The van der Waals surface area contributed by atoms with Gasteiger partial charge in [-0.1, -0.05) is 13.0 Å². The maximum absolute atomic E-state index is 12.3. The van der Waals surface area contributed by atoms with Crippen molar-refractivity contribution in [3.63, 3.8) is 0 Å². The molecule has 2 fully saturated rings. The number of hydrogen-bond acceptors (Lipinski definition) is 3. The van der Waals surface area contributed by atoms with E-state index in [-0.39, 0.29) is 17.7 Å². The van der Waals surface area contributed by atoms with Gasteiger partial charge in [0, 0.05) is 30.4 Å². The fraction of sp³-hybridized carbons (Fsp3) is 0.579. The van der Waals surface area contributed by atoms with Crippen molar-refractivity contribution in [2.45, 2.75) is 39.5 Å². The van der Waals surface area contributed by atoms with Crippen LogP contribution in [0.1, 0.15) is 38.2 Å². The lowest BCUT2D eigenvalue weighted by molar-refractivity contribution is -0.130. The van der Waals surface area contributed by atoms with E-state index in [0.29, 0.717) is 6.54 Å². The molecule has 1 saturated heterocycles. The van der Waals surface area contributed by atoms with E-state index in [9.17, 15) is 9.59 Å². The Morgan fingerprint density at radius 3 is 2.46 bits per heavy atom. The first kappa shape index (κ1) is 16.8. The lowest BCUT2D eigenvalue weighted by Gasteiger charge is -2.30. The smallest absolute Gasteiger partial charge is 0.241 e. The van der Waals surface area contributed by atoms with E-state index in [1.54, 1.807) is 0 Å². The first-order chi connectivity index (χ1) is 11.5. The van der Waals surface area contributed by atoms with Gasteiger partial charge < -0.3 is 15.5 Å². The van der Waals surface area contributed by atoms with Gasteiger partial charge in [0.2, 0.25) is 11.8 Å². The summed E-state index contributed by atoms with van der Waals surface area (Å²) in [7, 11) is 0. The molecular weight excluding hydrogens is 302 g/mol. The van der Waals surface area contributed by atoms with Gasteiger partial charge in [-0.05, 0) is 56.2 Å². The molecule has 3 rings (SSSR count). The Kier molecular flexibility index (Phi) is 5.07. The number of anilines is 2. The summed E-state index contributed by atoms with van der Waals surface area (Å²) < 4.78 is 0. The number of likely N-dealkylation sites (tertiary alicyclic amines) is 1. The molecule has 0 bridgehead atoms. The van der Waals surface area contributed by atoms with Gasteiger partial charge in [0.25, 0.3) is 0 Å². The maximum atomic E-state index is 12.3. The highest BCUT2D eigenvalue weighted by atomic mass is 16.2. The summed E-state index contributed by atoms with van der Waals surface area (Å²) in [6, 6.07) is 5.77. The van der Waals surface area contributed by atoms with E-state index in [1.165, 1.54) is 0 Å². The molecule has 0 spiro atoms. The SMILES string of the molecule is Cc1c(NCC(=O)N2CCC(C)CC2)cccc1NC(=O)C1CC1. The summed E-state index contributed by atoms with van der Waals surface area (Å²) in [6.07, 6.45) is 4.17. The lowest BCUT2D eigenvalue weighted by atomic mass is 9.99. The molecule has 0 unspecified atom stereocenters. The topological polar surface area (TPSA) is 61.4 Å². The third kappa shape index (κ3) is 4.08. The minimum atomic E-state index is 0.105. The van der Waals surface area contributed by atoms with Crippen molar-refractivity contribution in [1.82, 2.24) is 4.90 Å². The van der Waals surface area contributed by atoms with Crippen molar-refractivity contribution in [2.24, 2.45) is 11.8 Å². The van der Waals surface area contributed by atoms with E-state index in [0.717, 1.165) is 61.6 Å². The minimum absolute atomic E-state index is 0.105. The molecule has 1 aliphatic heterocycles. The van der Waals surface area contributed by atoms with Crippen molar-refractivity contribution in [1.29, 1.82) is 0 Å². The quantitative estimate of drug-likeness (QED) is 0.873. The Bertz CT molecular complexity index is 617. The molecule has 0 aromatic heterocycles. The molecule has 1 aromatic carbocycles. The predicted molar refractivity (Wildman–Crippen MR) is 96.0 cm³/mol. The van der Waals surface area contributed by atoms with Gasteiger partial charge >= 0.3 is 0 Å². The molecule has 2 aliphatic rings.